The Morgan fingerprint density at radius 2 is 2.03 bits per heavy atom. The van der Waals surface area contributed by atoms with Crippen LogP contribution in [0.4, 0.5) is 4.39 Å². The molecule has 1 aromatic heterocycles. The molecule has 1 aliphatic rings. The zero-order valence-electron chi connectivity index (χ0n) is 17.0. The number of benzene rings is 2. The van der Waals surface area contributed by atoms with Crippen LogP contribution in [0.2, 0.25) is 0 Å². The van der Waals surface area contributed by atoms with Gasteiger partial charge in [0.25, 0.3) is 0 Å². The summed E-state index contributed by atoms with van der Waals surface area (Å²) < 4.78 is 30.0. The van der Waals surface area contributed by atoms with E-state index in [2.05, 4.69) is 10.1 Å². The third kappa shape index (κ3) is 4.46. The van der Waals surface area contributed by atoms with Crippen molar-refractivity contribution < 1.29 is 23.2 Å². The summed E-state index contributed by atoms with van der Waals surface area (Å²) in [5.41, 5.74) is 2.34. The van der Waals surface area contributed by atoms with Crippen LogP contribution in [-0.2, 0) is 11.2 Å². The number of nitrogens with zero attached hydrogens (tertiary/aromatic N) is 2. The van der Waals surface area contributed by atoms with Crippen LogP contribution in [-0.4, -0.2) is 49.7 Å². The highest BCUT2D eigenvalue weighted by atomic mass is 19.1. The number of hydrogen-bond donors (Lipinski definition) is 0. The lowest BCUT2D eigenvalue weighted by Crippen LogP contribution is -2.36. The Hall–Kier alpha value is -2.93. The van der Waals surface area contributed by atoms with Crippen molar-refractivity contribution in [1.29, 1.82) is 0 Å². The van der Waals surface area contributed by atoms with Crippen molar-refractivity contribution in [3.8, 4) is 11.5 Å². The first-order chi connectivity index (χ1) is 14.7. The number of aldehydes is 1. The summed E-state index contributed by atoms with van der Waals surface area (Å²) in [5, 5.41) is 5.11. The summed E-state index contributed by atoms with van der Waals surface area (Å²) in [7, 11) is 1.60. The number of likely N-dealkylation sites (tertiary alicyclic amines) is 1. The van der Waals surface area contributed by atoms with Crippen LogP contribution >= 0.6 is 0 Å². The molecule has 0 N–H and O–H groups in total. The molecule has 0 spiro atoms. The highest BCUT2D eigenvalue weighted by molar-refractivity contribution is 5.79. The summed E-state index contributed by atoms with van der Waals surface area (Å²) in [5.74, 6) is 1.33. The predicted molar refractivity (Wildman–Crippen MR) is 111 cm³/mol. The minimum atomic E-state index is -0.310. The Labute approximate surface area is 174 Å². The van der Waals surface area contributed by atoms with Gasteiger partial charge in [0.1, 0.15) is 18.7 Å². The Kier molecular flexibility index (Phi) is 6.28. The quantitative estimate of drug-likeness (QED) is 0.522. The number of hydrogen-bond acceptors (Lipinski definition) is 6. The summed E-state index contributed by atoms with van der Waals surface area (Å²) in [6.07, 6.45) is 3.19. The van der Waals surface area contributed by atoms with E-state index in [-0.39, 0.29) is 5.82 Å². The first-order valence-electron chi connectivity index (χ1n) is 10.2. The summed E-state index contributed by atoms with van der Waals surface area (Å²) in [6.45, 7) is 3.26. The van der Waals surface area contributed by atoms with Crippen LogP contribution in [0, 0.1) is 5.82 Å². The maximum absolute atomic E-state index is 13.4. The second kappa shape index (κ2) is 9.26. The highest BCUT2D eigenvalue weighted by Gasteiger charge is 2.25. The summed E-state index contributed by atoms with van der Waals surface area (Å²) >= 11 is 0. The van der Waals surface area contributed by atoms with Crippen LogP contribution in [0.15, 0.2) is 40.9 Å². The number of halogens is 1. The third-order valence-corrected chi connectivity index (χ3v) is 5.65. The molecule has 1 aliphatic heterocycles. The normalized spacial score (nSPS) is 15.4. The fourth-order valence-corrected chi connectivity index (χ4v) is 3.99. The molecule has 6 nitrogen and oxygen atoms in total. The van der Waals surface area contributed by atoms with E-state index >= 15 is 0 Å². The van der Waals surface area contributed by atoms with Gasteiger partial charge in [-0.1, -0.05) is 11.2 Å². The molecule has 3 aromatic rings. The number of piperidine rings is 1. The maximum atomic E-state index is 13.4. The lowest BCUT2D eigenvalue weighted by atomic mass is 9.91. The van der Waals surface area contributed by atoms with Crippen molar-refractivity contribution in [2.75, 3.05) is 33.4 Å². The first kappa shape index (κ1) is 20.3. The molecule has 0 saturated carbocycles. The van der Waals surface area contributed by atoms with E-state index in [0.717, 1.165) is 55.4 Å². The zero-order chi connectivity index (χ0) is 20.9. The second-order valence-corrected chi connectivity index (χ2v) is 7.53. The molecule has 0 aliphatic carbocycles. The van der Waals surface area contributed by atoms with Crippen LogP contribution in [0.5, 0.6) is 11.5 Å². The lowest BCUT2D eigenvalue weighted by molar-refractivity contribution is -0.107. The SMILES string of the molecule is COc1cc(CC=O)ccc1OCCN1CCC(c2noc3cc(F)ccc23)CC1. The maximum Gasteiger partial charge on any atom is 0.170 e. The molecule has 0 unspecified atom stereocenters. The minimum absolute atomic E-state index is 0.310. The fourth-order valence-electron chi connectivity index (χ4n) is 3.99. The number of fused-ring (bicyclic) bond motifs is 1. The van der Waals surface area contributed by atoms with Gasteiger partial charge >= 0.3 is 0 Å². The van der Waals surface area contributed by atoms with E-state index in [0.29, 0.717) is 36.0 Å². The van der Waals surface area contributed by atoms with E-state index in [1.54, 1.807) is 13.2 Å². The molecule has 1 fully saturated rings. The van der Waals surface area contributed by atoms with Gasteiger partial charge in [0, 0.05) is 30.3 Å². The average molecular weight is 412 g/mol. The summed E-state index contributed by atoms with van der Waals surface area (Å²) in [6, 6.07) is 10.2. The van der Waals surface area contributed by atoms with Gasteiger partial charge in [0.05, 0.1) is 12.8 Å². The molecular weight excluding hydrogens is 387 g/mol. The molecule has 2 aromatic carbocycles. The molecule has 2 heterocycles. The molecule has 0 atom stereocenters. The molecule has 7 heteroatoms. The van der Waals surface area contributed by atoms with Crippen molar-refractivity contribution in [3.63, 3.8) is 0 Å². The van der Waals surface area contributed by atoms with Crippen molar-refractivity contribution in [2.24, 2.45) is 0 Å². The molecule has 30 heavy (non-hydrogen) atoms. The summed E-state index contributed by atoms with van der Waals surface area (Å²) in [4.78, 5) is 13.0. The topological polar surface area (TPSA) is 64.8 Å². The molecule has 4 rings (SSSR count). The first-order valence-corrected chi connectivity index (χ1v) is 10.2. The van der Waals surface area contributed by atoms with E-state index in [1.807, 2.05) is 18.2 Å². The highest BCUT2D eigenvalue weighted by Crippen LogP contribution is 2.33. The number of aromatic nitrogens is 1. The van der Waals surface area contributed by atoms with Crippen molar-refractivity contribution in [3.05, 3.63) is 53.5 Å². The third-order valence-electron chi connectivity index (χ3n) is 5.65. The van der Waals surface area contributed by atoms with Crippen LogP contribution < -0.4 is 9.47 Å². The Morgan fingerprint density at radius 3 is 2.80 bits per heavy atom. The van der Waals surface area contributed by atoms with Gasteiger partial charge in [0.2, 0.25) is 0 Å². The van der Waals surface area contributed by atoms with Gasteiger partial charge in [-0.2, -0.15) is 0 Å². The van der Waals surface area contributed by atoms with Gasteiger partial charge in [-0.25, -0.2) is 4.39 Å². The monoisotopic (exact) mass is 412 g/mol. The van der Waals surface area contributed by atoms with Crippen molar-refractivity contribution >= 4 is 17.3 Å². The number of rotatable bonds is 8. The molecule has 0 radical (unpaired) electrons. The molecule has 1 saturated heterocycles. The Balaban J connectivity index is 1.28. The lowest BCUT2D eigenvalue weighted by Gasteiger charge is -2.31. The van der Waals surface area contributed by atoms with Gasteiger partial charge in [-0.3, -0.25) is 4.90 Å². The van der Waals surface area contributed by atoms with E-state index in [9.17, 15) is 9.18 Å². The number of carbonyl (C=O) groups is 1. The second-order valence-electron chi connectivity index (χ2n) is 7.53. The zero-order valence-corrected chi connectivity index (χ0v) is 17.0. The number of carbonyl (C=O) groups excluding carboxylic acids is 1. The average Bonchev–Trinajstić information content (AvgIpc) is 3.18. The van der Waals surface area contributed by atoms with Crippen LogP contribution in [0.1, 0.15) is 30.0 Å². The smallest absolute Gasteiger partial charge is 0.170 e. The Bertz CT molecular complexity index is 1010. The fraction of sp³-hybridized carbons (Fsp3) is 0.391. The Morgan fingerprint density at radius 1 is 1.20 bits per heavy atom. The van der Waals surface area contributed by atoms with Gasteiger partial charge in [-0.05, 0) is 55.8 Å². The molecule has 0 bridgehead atoms. The van der Waals surface area contributed by atoms with Crippen molar-refractivity contribution in [1.82, 2.24) is 10.1 Å². The van der Waals surface area contributed by atoms with Crippen LogP contribution in [0.3, 0.4) is 0 Å². The number of methoxy groups -OCH3 is 1. The van der Waals surface area contributed by atoms with E-state index < -0.39 is 0 Å². The largest absolute Gasteiger partial charge is 0.493 e. The van der Waals surface area contributed by atoms with Gasteiger partial charge in [0.15, 0.2) is 17.1 Å². The van der Waals surface area contributed by atoms with Gasteiger partial charge < -0.3 is 18.8 Å². The van der Waals surface area contributed by atoms with E-state index in [1.165, 1.54) is 12.1 Å². The molecule has 0 amide bonds. The van der Waals surface area contributed by atoms with Crippen molar-refractivity contribution in [2.45, 2.75) is 25.2 Å². The molecule has 158 valence electrons. The predicted octanol–water partition coefficient (Wildman–Crippen LogP) is 3.98. The number of ether oxygens (including phenoxy) is 2. The minimum Gasteiger partial charge on any atom is -0.493 e. The molecular formula is C23H25FN2O4. The standard InChI is InChI=1S/C23H25FN2O4/c1-28-22-14-16(8-12-27)2-5-20(22)29-13-11-26-9-6-17(7-10-26)23-19-4-3-18(24)15-21(19)30-25-23/h2-5,12,14-15,17H,6-11,13H2,1H3. The van der Waals surface area contributed by atoms with E-state index in [4.69, 9.17) is 14.0 Å². The van der Waals surface area contributed by atoms with Crippen LogP contribution in [0.25, 0.3) is 11.0 Å². The van der Waals surface area contributed by atoms with Gasteiger partial charge in [-0.15, -0.1) is 0 Å².